The van der Waals surface area contributed by atoms with Crippen molar-refractivity contribution in [2.24, 2.45) is 0 Å². The molecule has 0 unspecified atom stereocenters. The Morgan fingerprint density at radius 1 is 1.53 bits per heavy atom. The summed E-state index contributed by atoms with van der Waals surface area (Å²) in [5.41, 5.74) is 8.93. The molecular weight excluding hydrogens is 242 g/mol. The zero-order chi connectivity index (χ0) is 13.8. The van der Waals surface area contributed by atoms with E-state index in [9.17, 15) is 4.79 Å². The molecule has 1 heterocycles. The number of rotatable bonds is 3. The molecule has 0 aromatic heterocycles. The van der Waals surface area contributed by atoms with Gasteiger partial charge < -0.3 is 10.8 Å². The minimum absolute atomic E-state index is 0.442. The number of benzene rings is 1. The lowest BCUT2D eigenvalue weighted by Gasteiger charge is -2.25. The SMILES string of the molecule is CCN1CC=C(c2ccc(N)c(NC(=O)O)c2)CC1. The molecule has 0 saturated carbocycles. The van der Waals surface area contributed by atoms with Gasteiger partial charge in [0.05, 0.1) is 11.4 Å². The molecule has 102 valence electrons. The van der Waals surface area contributed by atoms with E-state index in [2.05, 4.69) is 23.2 Å². The number of nitrogens with one attached hydrogen (secondary N) is 1. The Hall–Kier alpha value is -2.01. The summed E-state index contributed by atoms with van der Waals surface area (Å²) >= 11 is 0. The Balaban J connectivity index is 2.21. The molecule has 1 aromatic carbocycles. The fourth-order valence-corrected chi connectivity index (χ4v) is 2.24. The van der Waals surface area contributed by atoms with Gasteiger partial charge in [0.15, 0.2) is 0 Å². The van der Waals surface area contributed by atoms with Gasteiger partial charge in [0, 0.05) is 13.1 Å². The number of likely N-dealkylation sites (N-methyl/N-ethyl adjacent to an activating group) is 1. The van der Waals surface area contributed by atoms with Crippen molar-refractivity contribution in [3.8, 4) is 0 Å². The van der Waals surface area contributed by atoms with Gasteiger partial charge in [0.2, 0.25) is 0 Å². The Labute approximate surface area is 112 Å². The molecule has 0 spiro atoms. The fraction of sp³-hybridized carbons (Fsp3) is 0.357. The highest BCUT2D eigenvalue weighted by Crippen LogP contribution is 2.28. The molecule has 0 aliphatic carbocycles. The third kappa shape index (κ3) is 3.26. The number of amides is 1. The Bertz CT molecular complexity index is 511. The molecule has 0 radical (unpaired) electrons. The molecule has 5 heteroatoms. The summed E-state index contributed by atoms with van der Waals surface area (Å²) in [6, 6.07) is 5.49. The lowest BCUT2D eigenvalue weighted by Crippen LogP contribution is -2.28. The number of nitrogens with two attached hydrogens (primary N) is 1. The maximum absolute atomic E-state index is 10.7. The minimum atomic E-state index is -1.10. The number of nitrogen functional groups attached to an aromatic ring is 1. The van der Waals surface area contributed by atoms with Crippen LogP contribution >= 0.6 is 0 Å². The van der Waals surface area contributed by atoms with E-state index in [-0.39, 0.29) is 0 Å². The minimum Gasteiger partial charge on any atom is -0.465 e. The van der Waals surface area contributed by atoms with Crippen LogP contribution in [0.2, 0.25) is 0 Å². The van der Waals surface area contributed by atoms with Crippen LogP contribution in [0.25, 0.3) is 5.57 Å². The van der Waals surface area contributed by atoms with Crippen LogP contribution in [0.1, 0.15) is 18.9 Å². The molecule has 1 aliphatic rings. The number of carboxylic acid groups (broad SMARTS) is 1. The third-order valence-electron chi connectivity index (χ3n) is 3.41. The van der Waals surface area contributed by atoms with Crippen molar-refractivity contribution < 1.29 is 9.90 Å². The molecule has 4 N–H and O–H groups in total. The molecule has 2 rings (SSSR count). The Morgan fingerprint density at radius 3 is 2.89 bits per heavy atom. The lowest BCUT2D eigenvalue weighted by atomic mass is 9.98. The molecule has 0 atom stereocenters. The van der Waals surface area contributed by atoms with Gasteiger partial charge >= 0.3 is 6.09 Å². The zero-order valence-corrected chi connectivity index (χ0v) is 11.0. The van der Waals surface area contributed by atoms with Crippen molar-refractivity contribution in [1.29, 1.82) is 0 Å². The van der Waals surface area contributed by atoms with Crippen LogP contribution < -0.4 is 11.1 Å². The van der Waals surface area contributed by atoms with Gasteiger partial charge in [-0.3, -0.25) is 10.2 Å². The van der Waals surface area contributed by atoms with Crippen molar-refractivity contribution in [3.05, 3.63) is 29.8 Å². The van der Waals surface area contributed by atoms with E-state index in [0.717, 1.165) is 31.6 Å². The summed E-state index contributed by atoms with van der Waals surface area (Å²) in [6.45, 7) is 5.18. The van der Waals surface area contributed by atoms with Gasteiger partial charge in [-0.15, -0.1) is 0 Å². The molecular formula is C14H19N3O2. The number of anilines is 2. The molecule has 0 saturated heterocycles. The topological polar surface area (TPSA) is 78.6 Å². The first-order chi connectivity index (χ1) is 9.10. The summed E-state index contributed by atoms with van der Waals surface area (Å²) in [5.74, 6) is 0. The van der Waals surface area contributed by atoms with E-state index >= 15 is 0 Å². The van der Waals surface area contributed by atoms with Crippen LogP contribution in [0.15, 0.2) is 24.3 Å². The molecule has 0 bridgehead atoms. The van der Waals surface area contributed by atoms with Crippen LogP contribution in [0.4, 0.5) is 16.2 Å². The highest BCUT2D eigenvalue weighted by Gasteiger charge is 2.13. The average molecular weight is 261 g/mol. The quantitative estimate of drug-likeness (QED) is 0.730. The molecule has 0 fully saturated rings. The van der Waals surface area contributed by atoms with Crippen molar-refractivity contribution in [2.75, 3.05) is 30.7 Å². The van der Waals surface area contributed by atoms with Crippen molar-refractivity contribution in [3.63, 3.8) is 0 Å². The van der Waals surface area contributed by atoms with Crippen LogP contribution in [0.5, 0.6) is 0 Å². The molecule has 1 amide bonds. The summed E-state index contributed by atoms with van der Waals surface area (Å²) < 4.78 is 0. The summed E-state index contributed by atoms with van der Waals surface area (Å²) in [6.07, 6.45) is 2.08. The maximum Gasteiger partial charge on any atom is 0.409 e. The largest absolute Gasteiger partial charge is 0.465 e. The number of hydrogen-bond acceptors (Lipinski definition) is 3. The number of hydrogen-bond donors (Lipinski definition) is 3. The van der Waals surface area contributed by atoms with Crippen molar-refractivity contribution >= 4 is 23.0 Å². The molecule has 5 nitrogen and oxygen atoms in total. The van der Waals surface area contributed by atoms with Crippen molar-refractivity contribution in [1.82, 2.24) is 4.90 Å². The first-order valence-corrected chi connectivity index (χ1v) is 6.41. The summed E-state index contributed by atoms with van der Waals surface area (Å²) in [7, 11) is 0. The second-order valence-electron chi connectivity index (χ2n) is 4.60. The highest BCUT2D eigenvalue weighted by molar-refractivity contribution is 5.89. The standard InChI is InChI=1S/C14H19N3O2/c1-2-17-7-5-10(6-8-17)11-3-4-12(15)13(9-11)16-14(18)19/h3-5,9,16H,2,6-8,15H2,1H3,(H,18,19). The number of nitrogens with zero attached hydrogens (tertiary/aromatic N) is 1. The van der Waals surface area contributed by atoms with Crippen LogP contribution in [-0.2, 0) is 0 Å². The van der Waals surface area contributed by atoms with E-state index in [4.69, 9.17) is 10.8 Å². The van der Waals surface area contributed by atoms with Crippen molar-refractivity contribution in [2.45, 2.75) is 13.3 Å². The van der Waals surface area contributed by atoms with E-state index in [1.807, 2.05) is 6.07 Å². The summed E-state index contributed by atoms with van der Waals surface area (Å²) in [5, 5.41) is 11.1. The first kappa shape index (κ1) is 13.4. The monoisotopic (exact) mass is 261 g/mol. The highest BCUT2D eigenvalue weighted by atomic mass is 16.4. The van der Waals surface area contributed by atoms with Crippen LogP contribution in [0.3, 0.4) is 0 Å². The third-order valence-corrected chi connectivity index (χ3v) is 3.41. The van der Waals surface area contributed by atoms with E-state index < -0.39 is 6.09 Å². The van der Waals surface area contributed by atoms with E-state index in [1.54, 1.807) is 12.1 Å². The average Bonchev–Trinajstić information content (AvgIpc) is 2.41. The van der Waals surface area contributed by atoms with Gasteiger partial charge in [-0.25, -0.2) is 4.79 Å². The van der Waals surface area contributed by atoms with Crippen LogP contribution in [-0.4, -0.2) is 35.7 Å². The van der Waals surface area contributed by atoms with Gasteiger partial charge in [0.25, 0.3) is 0 Å². The Morgan fingerprint density at radius 2 is 2.32 bits per heavy atom. The van der Waals surface area contributed by atoms with E-state index in [0.29, 0.717) is 11.4 Å². The first-order valence-electron chi connectivity index (χ1n) is 6.41. The normalized spacial score (nSPS) is 15.9. The van der Waals surface area contributed by atoms with Gasteiger partial charge in [-0.1, -0.05) is 19.1 Å². The molecule has 1 aliphatic heterocycles. The van der Waals surface area contributed by atoms with Crippen LogP contribution in [0, 0.1) is 0 Å². The fourth-order valence-electron chi connectivity index (χ4n) is 2.24. The number of carbonyl (C=O) groups is 1. The van der Waals surface area contributed by atoms with Gasteiger partial charge in [0.1, 0.15) is 0 Å². The Kier molecular flexibility index (Phi) is 4.06. The van der Waals surface area contributed by atoms with E-state index in [1.165, 1.54) is 5.57 Å². The maximum atomic E-state index is 10.7. The smallest absolute Gasteiger partial charge is 0.409 e. The lowest BCUT2D eigenvalue weighted by molar-refractivity contribution is 0.210. The van der Waals surface area contributed by atoms with Gasteiger partial charge in [-0.2, -0.15) is 0 Å². The molecule has 19 heavy (non-hydrogen) atoms. The summed E-state index contributed by atoms with van der Waals surface area (Å²) in [4.78, 5) is 13.1. The predicted molar refractivity (Wildman–Crippen MR) is 77.2 cm³/mol. The molecule has 1 aromatic rings. The van der Waals surface area contributed by atoms with Gasteiger partial charge in [-0.05, 0) is 36.2 Å². The second kappa shape index (κ2) is 5.75. The predicted octanol–water partition coefficient (Wildman–Crippen LogP) is 2.47. The zero-order valence-electron chi connectivity index (χ0n) is 11.0. The second-order valence-corrected chi connectivity index (χ2v) is 4.60.